The first kappa shape index (κ1) is 16.0. The number of carbonyl (C=O) groups excluding carboxylic acids is 1. The van der Waals surface area contributed by atoms with Crippen molar-refractivity contribution in [1.82, 2.24) is 15.1 Å². The summed E-state index contributed by atoms with van der Waals surface area (Å²) in [5.74, 6) is 0.326. The van der Waals surface area contributed by atoms with E-state index in [4.69, 9.17) is 4.42 Å². The minimum atomic E-state index is -0.0904. The van der Waals surface area contributed by atoms with Crippen LogP contribution in [0.4, 0.5) is 0 Å². The van der Waals surface area contributed by atoms with Gasteiger partial charge in [0.2, 0.25) is 0 Å². The van der Waals surface area contributed by atoms with Crippen LogP contribution in [0.1, 0.15) is 28.6 Å². The van der Waals surface area contributed by atoms with Gasteiger partial charge in [-0.15, -0.1) is 0 Å². The largest absolute Gasteiger partial charge is 0.451 e. The predicted octanol–water partition coefficient (Wildman–Crippen LogP) is 2.10. The summed E-state index contributed by atoms with van der Waals surface area (Å²) in [6.07, 6.45) is 0.979. The summed E-state index contributed by atoms with van der Waals surface area (Å²) in [6, 6.07) is 6.22. The number of furan rings is 1. The first-order valence-electron chi connectivity index (χ1n) is 8.28. The zero-order chi connectivity index (χ0) is 16.4. The van der Waals surface area contributed by atoms with Crippen molar-refractivity contribution < 1.29 is 9.21 Å². The Morgan fingerprint density at radius 3 is 2.65 bits per heavy atom. The zero-order valence-electron chi connectivity index (χ0n) is 14.2. The molecule has 1 saturated heterocycles. The molecule has 23 heavy (non-hydrogen) atoms. The first-order chi connectivity index (χ1) is 11.1. The second-order valence-electron chi connectivity index (χ2n) is 6.36. The molecule has 5 heteroatoms. The van der Waals surface area contributed by atoms with Crippen LogP contribution in [0.15, 0.2) is 22.6 Å². The molecule has 1 amide bonds. The molecule has 1 aromatic heterocycles. The number of rotatable bonds is 4. The van der Waals surface area contributed by atoms with Gasteiger partial charge in [0.05, 0.1) is 0 Å². The van der Waals surface area contributed by atoms with Crippen LogP contribution in [0.25, 0.3) is 11.0 Å². The first-order valence-corrected chi connectivity index (χ1v) is 8.28. The van der Waals surface area contributed by atoms with Crippen LogP contribution in [-0.4, -0.2) is 56.0 Å². The molecule has 1 aromatic carbocycles. The lowest BCUT2D eigenvalue weighted by molar-refractivity contribution is 0.0799. The molecule has 0 aliphatic carbocycles. The zero-order valence-corrected chi connectivity index (χ0v) is 14.2. The molecule has 0 bridgehead atoms. The molecule has 124 valence electrons. The lowest BCUT2D eigenvalue weighted by Gasteiger charge is -2.27. The van der Waals surface area contributed by atoms with E-state index in [1.165, 1.54) is 11.1 Å². The van der Waals surface area contributed by atoms with E-state index in [1.54, 1.807) is 19.0 Å². The average molecular weight is 315 g/mol. The molecule has 0 atom stereocenters. The number of carbonyl (C=O) groups is 1. The van der Waals surface area contributed by atoms with Crippen LogP contribution in [0.5, 0.6) is 0 Å². The van der Waals surface area contributed by atoms with Crippen molar-refractivity contribution in [2.75, 3.05) is 40.3 Å². The third-order valence-electron chi connectivity index (χ3n) is 4.38. The van der Waals surface area contributed by atoms with Gasteiger partial charge in [-0.2, -0.15) is 0 Å². The number of aryl methyl sites for hydroxylation is 1. The molecule has 3 rings (SSSR count). The van der Waals surface area contributed by atoms with Crippen molar-refractivity contribution in [3.05, 3.63) is 35.1 Å². The Morgan fingerprint density at radius 1 is 1.26 bits per heavy atom. The fourth-order valence-electron chi connectivity index (χ4n) is 3.05. The van der Waals surface area contributed by atoms with E-state index in [1.807, 2.05) is 6.07 Å². The number of piperazine rings is 1. The number of nitrogens with one attached hydrogen (secondary N) is 1. The maximum absolute atomic E-state index is 12.2. The fraction of sp³-hybridized carbons (Fsp3) is 0.500. The number of nitrogens with zero attached hydrogens (tertiary/aromatic N) is 2. The molecule has 2 heterocycles. The third-order valence-corrected chi connectivity index (χ3v) is 4.38. The number of hydrogen-bond donors (Lipinski definition) is 1. The van der Waals surface area contributed by atoms with Crippen LogP contribution in [0.2, 0.25) is 0 Å². The highest BCUT2D eigenvalue weighted by Crippen LogP contribution is 2.27. The number of fused-ring (bicyclic) bond motifs is 1. The van der Waals surface area contributed by atoms with Crippen molar-refractivity contribution in [2.45, 2.75) is 19.9 Å². The van der Waals surface area contributed by atoms with Crippen molar-refractivity contribution in [3.63, 3.8) is 0 Å². The molecule has 1 N–H and O–H groups in total. The van der Waals surface area contributed by atoms with E-state index in [0.29, 0.717) is 5.76 Å². The Hall–Kier alpha value is -1.85. The van der Waals surface area contributed by atoms with Crippen LogP contribution >= 0.6 is 0 Å². The molecule has 0 saturated carbocycles. The van der Waals surface area contributed by atoms with Gasteiger partial charge >= 0.3 is 0 Å². The van der Waals surface area contributed by atoms with Gasteiger partial charge in [0.1, 0.15) is 5.58 Å². The van der Waals surface area contributed by atoms with Crippen LogP contribution in [-0.2, 0) is 13.0 Å². The molecular weight excluding hydrogens is 290 g/mol. The molecule has 0 unspecified atom stereocenters. The summed E-state index contributed by atoms with van der Waals surface area (Å²) >= 11 is 0. The molecule has 0 radical (unpaired) electrons. The summed E-state index contributed by atoms with van der Waals surface area (Å²) < 4.78 is 5.93. The van der Waals surface area contributed by atoms with Crippen molar-refractivity contribution in [1.29, 1.82) is 0 Å². The van der Waals surface area contributed by atoms with Gasteiger partial charge in [-0.25, -0.2) is 0 Å². The predicted molar refractivity (Wildman–Crippen MR) is 91.8 cm³/mol. The monoisotopic (exact) mass is 315 g/mol. The summed E-state index contributed by atoms with van der Waals surface area (Å²) in [7, 11) is 3.49. The summed E-state index contributed by atoms with van der Waals surface area (Å²) in [5, 5.41) is 4.40. The highest BCUT2D eigenvalue weighted by atomic mass is 16.3. The second kappa shape index (κ2) is 6.72. The van der Waals surface area contributed by atoms with Gasteiger partial charge in [-0.1, -0.05) is 13.0 Å². The summed E-state index contributed by atoms with van der Waals surface area (Å²) in [6.45, 7) is 7.17. The number of benzene rings is 1. The van der Waals surface area contributed by atoms with E-state index in [0.717, 1.165) is 50.1 Å². The van der Waals surface area contributed by atoms with E-state index in [-0.39, 0.29) is 5.91 Å². The average Bonchev–Trinajstić information content (AvgIpc) is 2.99. The van der Waals surface area contributed by atoms with Crippen molar-refractivity contribution >= 4 is 16.9 Å². The van der Waals surface area contributed by atoms with Crippen molar-refractivity contribution in [3.8, 4) is 0 Å². The van der Waals surface area contributed by atoms with Crippen molar-refractivity contribution in [2.24, 2.45) is 0 Å². The molecule has 1 fully saturated rings. The molecule has 1 aliphatic heterocycles. The van der Waals surface area contributed by atoms with E-state index in [9.17, 15) is 4.79 Å². The van der Waals surface area contributed by atoms with Gasteiger partial charge in [0.25, 0.3) is 5.91 Å². The van der Waals surface area contributed by atoms with Crippen LogP contribution < -0.4 is 5.32 Å². The Kier molecular flexibility index (Phi) is 4.68. The third kappa shape index (κ3) is 3.41. The lowest BCUT2D eigenvalue weighted by atomic mass is 10.0. The molecule has 2 aromatic rings. The fourth-order valence-corrected chi connectivity index (χ4v) is 3.05. The molecule has 0 spiro atoms. The topological polar surface area (TPSA) is 48.7 Å². The minimum Gasteiger partial charge on any atom is -0.451 e. The van der Waals surface area contributed by atoms with Gasteiger partial charge in [-0.3, -0.25) is 9.69 Å². The highest BCUT2D eigenvalue weighted by molar-refractivity contribution is 5.96. The molecule has 1 aliphatic rings. The standard InChI is InChI=1S/C18H25N3O2/c1-4-13-9-14-11-16(18(22)20(2)3)23-17(14)15(10-13)12-21-7-5-19-6-8-21/h9-11,19H,4-8,12H2,1-3H3. The second-order valence-corrected chi connectivity index (χ2v) is 6.36. The van der Waals surface area contributed by atoms with Crippen LogP contribution in [0.3, 0.4) is 0 Å². The van der Waals surface area contributed by atoms with E-state index in [2.05, 4.69) is 29.3 Å². The Balaban J connectivity index is 1.98. The SMILES string of the molecule is CCc1cc(CN2CCNCC2)c2oc(C(=O)N(C)C)cc2c1. The summed E-state index contributed by atoms with van der Waals surface area (Å²) in [5.41, 5.74) is 3.32. The lowest BCUT2D eigenvalue weighted by Crippen LogP contribution is -2.42. The van der Waals surface area contributed by atoms with Gasteiger partial charge in [-0.05, 0) is 24.1 Å². The maximum Gasteiger partial charge on any atom is 0.289 e. The van der Waals surface area contributed by atoms with Gasteiger partial charge in [0, 0.05) is 57.8 Å². The van der Waals surface area contributed by atoms with Gasteiger partial charge in [0.15, 0.2) is 5.76 Å². The molecular formula is C18H25N3O2. The van der Waals surface area contributed by atoms with Gasteiger partial charge < -0.3 is 14.6 Å². The van der Waals surface area contributed by atoms with E-state index >= 15 is 0 Å². The quantitative estimate of drug-likeness (QED) is 0.939. The number of hydrogen-bond acceptors (Lipinski definition) is 4. The Labute approximate surface area is 137 Å². The van der Waals surface area contributed by atoms with Crippen LogP contribution in [0, 0.1) is 0 Å². The number of amides is 1. The smallest absolute Gasteiger partial charge is 0.289 e. The highest BCUT2D eigenvalue weighted by Gasteiger charge is 2.18. The maximum atomic E-state index is 12.2. The Morgan fingerprint density at radius 2 is 2.00 bits per heavy atom. The minimum absolute atomic E-state index is 0.0904. The Bertz CT molecular complexity index is 700. The normalized spacial score (nSPS) is 16.0. The molecule has 5 nitrogen and oxygen atoms in total. The summed E-state index contributed by atoms with van der Waals surface area (Å²) in [4.78, 5) is 16.2. The van der Waals surface area contributed by atoms with E-state index < -0.39 is 0 Å².